The van der Waals surface area contributed by atoms with Crippen molar-refractivity contribution in [2.75, 3.05) is 0 Å². The molecule has 0 aliphatic rings. The molecule has 0 radical (unpaired) electrons. The standard InChI is InChI=1S/C10H12O2.C2H3N3/c1-2-10(11)12-8-9-6-4-3-5-7-9;1-2-4-5-3-1/h3-7H,2,8H2,1H3;1-2H,(H,3,4,5). The molecule has 1 heterocycles. The molecule has 0 bridgehead atoms. The molecule has 90 valence electrons. The lowest BCUT2D eigenvalue weighted by molar-refractivity contribution is -0.144. The van der Waals surface area contributed by atoms with Crippen molar-refractivity contribution in [3.63, 3.8) is 0 Å². The summed E-state index contributed by atoms with van der Waals surface area (Å²) in [6.07, 6.45) is 3.60. The van der Waals surface area contributed by atoms with Crippen molar-refractivity contribution in [3.8, 4) is 0 Å². The van der Waals surface area contributed by atoms with E-state index in [0.29, 0.717) is 13.0 Å². The average molecular weight is 233 g/mol. The van der Waals surface area contributed by atoms with Gasteiger partial charge in [-0.05, 0) is 5.56 Å². The zero-order chi connectivity index (χ0) is 12.3. The van der Waals surface area contributed by atoms with Gasteiger partial charge in [0, 0.05) is 6.42 Å². The second-order valence-corrected chi connectivity index (χ2v) is 3.16. The van der Waals surface area contributed by atoms with Crippen LogP contribution in [0.5, 0.6) is 0 Å². The highest BCUT2D eigenvalue weighted by Gasteiger charge is 1.97. The van der Waals surface area contributed by atoms with Gasteiger partial charge in [-0.25, -0.2) is 0 Å². The van der Waals surface area contributed by atoms with Gasteiger partial charge in [0.15, 0.2) is 0 Å². The normalized spacial score (nSPS) is 9.00. The van der Waals surface area contributed by atoms with Crippen molar-refractivity contribution in [2.24, 2.45) is 0 Å². The van der Waals surface area contributed by atoms with Gasteiger partial charge in [-0.3, -0.25) is 4.79 Å². The lowest BCUT2D eigenvalue weighted by atomic mass is 10.2. The molecule has 0 saturated carbocycles. The van der Waals surface area contributed by atoms with E-state index in [9.17, 15) is 4.79 Å². The first-order valence-electron chi connectivity index (χ1n) is 5.32. The molecule has 0 aliphatic heterocycles. The topological polar surface area (TPSA) is 67.9 Å². The molecular formula is C12H15N3O2. The third-order valence-corrected chi connectivity index (χ3v) is 1.86. The van der Waals surface area contributed by atoms with Crippen LogP contribution in [0.25, 0.3) is 0 Å². The van der Waals surface area contributed by atoms with Crippen LogP contribution >= 0.6 is 0 Å². The molecule has 17 heavy (non-hydrogen) atoms. The van der Waals surface area contributed by atoms with Gasteiger partial charge >= 0.3 is 5.97 Å². The van der Waals surface area contributed by atoms with E-state index in [2.05, 4.69) is 15.4 Å². The Kier molecular flexibility index (Phi) is 6.10. The molecule has 0 unspecified atom stereocenters. The number of hydrogen-bond donors (Lipinski definition) is 1. The zero-order valence-corrected chi connectivity index (χ0v) is 9.67. The van der Waals surface area contributed by atoms with Gasteiger partial charge in [-0.15, -0.1) is 0 Å². The Hall–Kier alpha value is -2.17. The van der Waals surface area contributed by atoms with Crippen LogP contribution in [-0.2, 0) is 16.1 Å². The summed E-state index contributed by atoms with van der Waals surface area (Å²) >= 11 is 0. The molecule has 1 N–H and O–H groups in total. The van der Waals surface area contributed by atoms with E-state index in [1.165, 1.54) is 0 Å². The number of nitrogens with zero attached hydrogens (tertiary/aromatic N) is 2. The second-order valence-electron chi connectivity index (χ2n) is 3.16. The maximum atomic E-state index is 10.8. The van der Waals surface area contributed by atoms with Gasteiger partial charge in [0.1, 0.15) is 6.61 Å². The largest absolute Gasteiger partial charge is 0.461 e. The number of nitrogens with one attached hydrogen (secondary N) is 1. The lowest BCUT2D eigenvalue weighted by Crippen LogP contribution is -2.01. The summed E-state index contributed by atoms with van der Waals surface area (Å²) in [5.74, 6) is -0.154. The lowest BCUT2D eigenvalue weighted by Gasteiger charge is -2.01. The molecule has 1 aromatic heterocycles. The minimum atomic E-state index is -0.154. The van der Waals surface area contributed by atoms with Crippen LogP contribution in [0.3, 0.4) is 0 Å². The number of rotatable bonds is 3. The monoisotopic (exact) mass is 233 g/mol. The first-order chi connectivity index (χ1) is 8.33. The Balaban J connectivity index is 0.000000239. The first-order valence-corrected chi connectivity index (χ1v) is 5.32. The van der Waals surface area contributed by atoms with E-state index >= 15 is 0 Å². The van der Waals surface area contributed by atoms with Crippen LogP contribution in [0.4, 0.5) is 0 Å². The van der Waals surface area contributed by atoms with E-state index in [1.807, 2.05) is 30.3 Å². The Morgan fingerprint density at radius 1 is 1.24 bits per heavy atom. The molecule has 0 aliphatic carbocycles. The highest BCUT2D eigenvalue weighted by Crippen LogP contribution is 2.00. The number of ether oxygens (including phenoxy) is 1. The van der Waals surface area contributed by atoms with Gasteiger partial charge in [-0.1, -0.05) is 37.3 Å². The molecule has 2 aromatic rings. The van der Waals surface area contributed by atoms with Gasteiger partial charge in [0.05, 0.1) is 12.4 Å². The van der Waals surface area contributed by atoms with E-state index in [-0.39, 0.29) is 5.97 Å². The Morgan fingerprint density at radius 2 is 1.88 bits per heavy atom. The number of esters is 1. The summed E-state index contributed by atoms with van der Waals surface area (Å²) in [6, 6.07) is 9.65. The Bertz CT molecular complexity index is 384. The summed E-state index contributed by atoms with van der Waals surface area (Å²) in [5, 5.41) is 9.33. The van der Waals surface area contributed by atoms with E-state index in [4.69, 9.17) is 4.74 Å². The molecule has 0 spiro atoms. The fourth-order valence-corrected chi connectivity index (χ4v) is 1.01. The average Bonchev–Trinajstić information content (AvgIpc) is 2.96. The number of carbonyl (C=O) groups is 1. The maximum Gasteiger partial charge on any atom is 0.305 e. The van der Waals surface area contributed by atoms with Crippen molar-refractivity contribution in [3.05, 3.63) is 48.3 Å². The van der Waals surface area contributed by atoms with Crippen LogP contribution in [0, 0.1) is 0 Å². The number of hydrogen-bond acceptors (Lipinski definition) is 4. The third kappa shape index (κ3) is 6.09. The minimum absolute atomic E-state index is 0.154. The molecule has 1 aromatic carbocycles. The summed E-state index contributed by atoms with van der Waals surface area (Å²) < 4.78 is 4.94. The predicted molar refractivity (Wildman–Crippen MR) is 62.9 cm³/mol. The van der Waals surface area contributed by atoms with Crippen LogP contribution < -0.4 is 0 Å². The van der Waals surface area contributed by atoms with Gasteiger partial charge in [0.25, 0.3) is 0 Å². The number of aromatic nitrogens is 3. The summed E-state index contributed by atoms with van der Waals surface area (Å²) in [4.78, 5) is 10.8. The van der Waals surface area contributed by atoms with Crippen molar-refractivity contribution in [1.82, 2.24) is 15.4 Å². The van der Waals surface area contributed by atoms with Gasteiger partial charge in [-0.2, -0.15) is 15.4 Å². The quantitative estimate of drug-likeness (QED) is 0.823. The van der Waals surface area contributed by atoms with Crippen molar-refractivity contribution in [2.45, 2.75) is 20.0 Å². The highest BCUT2D eigenvalue weighted by molar-refractivity contribution is 5.68. The van der Waals surface area contributed by atoms with Gasteiger partial charge in [0.2, 0.25) is 0 Å². The van der Waals surface area contributed by atoms with Crippen LogP contribution in [0.15, 0.2) is 42.7 Å². The number of aromatic amines is 1. The highest BCUT2D eigenvalue weighted by atomic mass is 16.5. The molecule has 5 heteroatoms. The number of benzene rings is 1. The SMILES string of the molecule is CCC(=O)OCc1ccccc1.c1cn[nH]n1. The molecule has 0 fully saturated rings. The maximum absolute atomic E-state index is 10.8. The van der Waals surface area contributed by atoms with E-state index < -0.39 is 0 Å². The summed E-state index contributed by atoms with van der Waals surface area (Å²) in [6.45, 7) is 2.17. The van der Waals surface area contributed by atoms with Gasteiger partial charge < -0.3 is 4.74 Å². The third-order valence-electron chi connectivity index (χ3n) is 1.86. The summed E-state index contributed by atoms with van der Waals surface area (Å²) in [5.41, 5.74) is 1.03. The second kappa shape index (κ2) is 8.04. The predicted octanol–water partition coefficient (Wildman–Crippen LogP) is 1.94. The van der Waals surface area contributed by atoms with Crippen LogP contribution in [0.2, 0.25) is 0 Å². The van der Waals surface area contributed by atoms with Crippen molar-refractivity contribution < 1.29 is 9.53 Å². The molecular weight excluding hydrogens is 218 g/mol. The number of carbonyl (C=O) groups excluding carboxylic acids is 1. The van der Waals surface area contributed by atoms with Crippen molar-refractivity contribution in [1.29, 1.82) is 0 Å². The van der Waals surface area contributed by atoms with E-state index in [1.54, 1.807) is 19.3 Å². The fourth-order valence-electron chi connectivity index (χ4n) is 1.01. The van der Waals surface area contributed by atoms with Crippen LogP contribution in [-0.4, -0.2) is 21.4 Å². The molecule has 0 atom stereocenters. The Labute approximate surface area is 99.8 Å². The molecule has 2 rings (SSSR count). The molecule has 5 nitrogen and oxygen atoms in total. The Morgan fingerprint density at radius 3 is 2.35 bits per heavy atom. The smallest absolute Gasteiger partial charge is 0.305 e. The van der Waals surface area contributed by atoms with Crippen molar-refractivity contribution >= 4 is 5.97 Å². The first kappa shape index (κ1) is 12.9. The van der Waals surface area contributed by atoms with E-state index in [0.717, 1.165) is 5.56 Å². The fraction of sp³-hybridized carbons (Fsp3) is 0.250. The summed E-state index contributed by atoms with van der Waals surface area (Å²) in [7, 11) is 0. The number of H-pyrrole nitrogens is 1. The minimum Gasteiger partial charge on any atom is -0.461 e. The molecule has 0 amide bonds. The molecule has 0 saturated heterocycles. The zero-order valence-electron chi connectivity index (χ0n) is 9.67. The van der Waals surface area contributed by atoms with Crippen LogP contribution in [0.1, 0.15) is 18.9 Å².